The highest BCUT2D eigenvalue weighted by Gasteiger charge is 2.47. The van der Waals surface area contributed by atoms with E-state index in [-0.39, 0.29) is 30.1 Å². The number of ketones is 1. The first-order chi connectivity index (χ1) is 18.8. The van der Waals surface area contributed by atoms with Crippen LogP contribution in [0.2, 0.25) is 0 Å². The molecule has 3 aliphatic heterocycles. The Hall–Kier alpha value is -3.52. The predicted octanol–water partition coefficient (Wildman–Crippen LogP) is 5.04. The lowest BCUT2D eigenvalue weighted by molar-refractivity contribution is -0.140. The molecule has 2 aromatic rings. The molecule has 39 heavy (non-hydrogen) atoms. The Balaban J connectivity index is 1.56. The summed E-state index contributed by atoms with van der Waals surface area (Å²) in [6.07, 6.45) is 3.21. The first-order valence-corrected chi connectivity index (χ1v) is 13.8. The summed E-state index contributed by atoms with van der Waals surface area (Å²) in [5.74, 6) is 0.803. The predicted molar refractivity (Wildman–Crippen MR) is 146 cm³/mol. The van der Waals surface area contributed by atoms with Gasteiger partial charge in [-0.25, -0.2) is 0 Å². The number of rotatable bonds is 9. The van der Waals surface area contributed by atoms with E-state index >= 15 is 0 Å². The zero-order valence-electron chi connectivity index (χ0n) is 23.1. The van der Waals surface area contributed by atoms with Crippen molar-refractivity contribution < 1.29 is 33.6 Å². The molecule has 208 valence electrons. The Bertz CT molecular complexity index is 1280. The fourth-order valence-corrected chi connectivity index (χ4v) is 5.53. The minimum Gasteiger partial charge on any atom is -0.507 e. The monoisotopic (exact) mass is 535 g/mol. The highest BCUT2D eigenvalue weighted by atomic mass is 16.5. The summed E-state index contributed by atoms with van der Waals surface area (Å²) >= 11 is 0. The number of methoxy groups -OCH3 is 1. The number of aliphatic hydroxyl groups is 1. The summed E-state index contributed by atoms with van der Waals surface area (Å²) in [5, 5.41) is 11.5. The van der Waals surface area contributed by atoms with Crippen LogP contribution in [-0.4, -0.2) is 60.8 Å². The number of Topliss-reactive ketones (excluding diaryl/α,β-unsaturated/α-hetero) is 1. The van der Waals surface area contributed by atoms with Crippen molar-refractivity contribution >= 4 is 17.4 Å². The van der Waals surface area contributed by atoms with Crippen LogP contribution in [0.5, 0.6) is 17.2 Å². The fraction of sp³-hybridized carbons (Fsp3) is 0.484. The average molecular weight is 536 g/mol. The summed E-state index contributed by atoms with van der Waals surface area (Å²) < 4.78 is 23.2. The van der Waals surface area contributed by atoms with Crippen LogP contribution < -0.4 is 14.2 Å². The molecule has 0 bridgehead atoms. The zero-order chi connectivity index (χ0) is 27.7. The molecule has 0 spiro atoms. The molecule has 0 aliphatic carbocycles. The SMILES string of the molecule is COc1cc([C@H]2C(=C(O)c3ccc4c(c3)C[C@@H](C)O4)C(=O)C(=O)N2C[C@@H]2CCCO2)ccc1OCCC(C)C. The lowest BCUT2D eigenvalue weighted by atomic mass is 9.94. The van der Waals surface area contributed by atoms with Crippen LogP contribution in [0.25, 0.3) is 5.76 Å². The van der Waals surface area contributed by atoms with Crippen molar-refractivity contribution in [1.29, 1.82) is 0 Å². The van der Waals surface area contributed by atoms with Gasteiger partial charge < -0.3 is 29.0 Å². The van der Waals surface area contributed by atoms with Crippen molar-refractivity contribution in [1.82, 2.24) is 4.90 Å². The van der Waals surface area contributed by atoms with Crippen molar-refractivity contribution in [2.45, 2.75) is 64.7 Å². The Morgan fingerprint density at radius 3 is 2.69 bits per heavy atom. The molecular formula is C31H37NO7. The van der Waals surface area contributed by atoms with E-state index < -0.39 is 17.7 Å². The molecule has 8 heteroatoms. The Morgan fingerprint density at radius 1 is 1.15 bits per heavy atom. The van der Waals surface area contributed by atoms with Gasteiger partial charge in [0.2, 0.25) is 0 Å². The highest BCUT2D eigenvalue weighted by Crippen LogP contribution is 2.43. The number of benzene rings is 2. The number of carbonyl (C=O) groups excluding carboxylic acids is 2. The highest BCUT2D eigenvalue weighted by molar-refractivity contribution is 6.46. The third-order valence-corrected chi connectivity index (χ3v) is 7.59. The summed E-state index contributed by atoms with van der Waals surface area (Å²) in [6.45, 7) is 7.69. The number of carbonyl (C=O) groups is 2. The molecule has 2 fully saturated rings. The minimum atomic E-state index is -0.795. The zero-order valence-corrected chi connectivity index (χ0v) is 23.1. The second-order valence-corrected chi connectivity index (χ2v) is 11.0. The van der Waals surface area contributed by atoms with Crippen LogP contribution >= 0.6 is 0 Å². The van der Waals surface area contributed by atoms with E-state index in [9.17, 15) is 14.7 Å². The molecule has 3 aliphatic rings. The van der Waals surface area contributed by atoms with Crippen LogP contribution in [0.3, 0.4) is 0 Å². The molecule has 0 unspecified atom stereocenters. The average Bonchev–Trinajstić information content (AvgIpc) is 3.62. The summed E-state index contributed by atoms with van der Waals surface area (Å²) in [7, 11) is 1.56. The maximum absolute atomic E-state index is 13.5. The van der Waals surface area contributed by atoms with E-state index in [0.29, 0.717) is 48.2 Å². The molecule has 2 aromatic carbocycles. The number of hydrogen-bond donors (Lipinski definition) is 1. The van der Waals surface area contributed by atoms with E-state index in [2.05, 4.69) is 13.8 Å². The first kappa shape index (κ1) is 27.1. The molecule has 1 N–H and O–H groups in total. The quantitative estimate of drug-likeness (QED) is 0.273. The van der Waals surface area contributed by atoms with Gasteiger partial charge in [-0.1, -0.05) is 19.9 Å². The largest absolute Gasteiger partial charge is 0.507 e. The van der Waals surface area contributed by atoms with Crippen LogP contribution in [0, 0.1) is 5.92 Å². The number of nitrogens with zero attached hydrogens (tertiary/aromatic N) is 1. The van der Waals surface area contributed by atoms with E-state index in [1.165, 1.54) is 4.90 Å². The normalized spacial score (nSPS) is 23.8. The van der Waals surface area contributed by atoms with Gasteiger partial charge in [-0.05, 0) is 73.6 Å². The topological polar surface area (TPSA) is 94.5 Å². The molecule has 0 aromatic heterocycles. The van der Waals surface area contributed by atoms with Gasteiger partial charge in [0.15, 0.2) is 11.5 Å². The molecule has 0 saturated carbocycles. The molecule has 5 rings (SSSR count). The summed E-state index contributed by atoms with van der Waals surface area (Å²) in [4.78, 5) is 28.4. The molecule has 2 saturated heterocycles. The van der Waals surface area contributed by atoms with Crippen molar-refractivity contribution in [3.8, 4) is 17.2 Å². The summed E-state index contributed by atoms with van der Waals surface area (Å²) in [5.41, 5.74) is 2.15. The smallest absolute Gasteiger partial charge is 0.295 e. The van der Waals surface area contributed by atoms with Gasteiger partial charge in [-0.15, -0.1) is 0 Å². The van der Waals surface area contributed by atoms with E-state index in [4.69, 9.17) is 18.9 Å². The number of amides is 1. The second kappa shape index (κ2) is 11.3. The summed E-state index contributed by atoms with van der Waals surface area (Å²) in [6, 6.07) is 9.99. The van der Waals surface area contributed by atoms with Crippen molar-refractivity contribution in [3.05, 3.63) is 58.7 Å². The standard InChI is InChI=1S/C31H37NO7/c1-18(2)11-13-38-25-10-7-20(16-26(25)36-4)28-27(30(34)31(35)32(28)17-23-6-5-12-37-23)29(33)21-8-9-24-22(15-21)14-19(3)39-24/h7-10,15-16,18-19,23,28,33H,5-6,11-14,17H2,1-4H3/t19-,23+,28+/m1/s1. The maximum Gasteiger partial charge on any atom is 0.295 e. The third kappa shape index (κ3) is 5.48. The van der Waals surface area contributed by atoms with Crippen LogP contribution in [0.15, 0.2) is 42.0 Å². The first-order valence-electron chi connectivity index (χ1n) is 13.8. The second-order valence-electron chi connectivity index (χ2n) is 11.0. The molecule has 3 heterocycles. The maximum atomic E-state index is 13.5. The van der Waals surface area contributed by atoms with E-state index in [1.54, 1.807) is 31.4 Å². The van der Waals surface area contributed by atoms with Crippen molar-refractivity contribution in [2.24, 2.45) is 5.92 Å². The number of likely N-dealkylation sites (tertiary alicyclic amines) is 1. The van der Waals surface area contributed by atoms with E-state index in [1.807, 2.05) is 19.1 Å². The Morgan fingerprint density at radius 2 is 1.97 bits per heavy atom. The van der Waals surface area contributed by atoms with Gasteiger partial charge in [-0.3, -0.25) is 9.59 Å². The Labute approximate surface area is 229 Å². The molecule has 0 radical (unpaired) electrons. The number of fused-ring (bicyclic) bond motifs is 1. The van der Waals surface area contributed by atoms with Gasteiger partial charge in [0.05, 0.1) is 31.4 Å². The number of hydrogen-bond acceptors (Lipinski definition) is 7. The van der Waals surface area contributed by atoms with Crippen molar-refractivity contribution in [2.75, 3.05) is 26.9 Å². The van der Waals surface area contributed by atoms with Gasteiger partial charge in [0.25, 0.3) is 11.7 Å². The molecule has 8 nitrogen and oxygen atoms in total. The number of aliphatic hydroxyl groups excluding tert-OH is 1. The van der Waals surface area contributed by atoms with Gasteiger partial charge >= 0.3 is 0 Å². The van der Waals surface area contributed by atoms with Crippen LogP contribution in [0.4, 0.5) is 0 Å². The van der Waals surface area contributed by atoms with Crippen molar-refractivity contribution in [3.63, 3.8) is 0 Å². The van der Waals surface area contributed by atoms with Crippen LogP contribution in [-0.2, 0) is 20.7 Å². The fourth-order valence-electron chi connectivity index (χ4n) is 5.53. The van der Waals surface area contributed by atoms with Gasteiger partial charge in [-0.2, -0.15) is 0 Å². The third-order valence-electron chi connectivity index (χ3n) is 7.59. The Kier molecular flexibility index (Phi) is 7.84. The molecular weight excluding hydrogens is 498 g/mol. The van der Waals surface area contributed by atoms with E-state index in [0.717, 1.165) is 30.6 Å². The molecule has 1 amide bonds. The lowest BCUT2D eigenvalue weighted by Gasteiger charge is -2.28. The van der Waals surface area contributed by atoms with Gasteiger partial charge in [0, 0.05) is 25.1 Å². The van der Waals surface area contributed by atoms with Gasteiger partial charge in [0.1, 0.15) is 17.6 Å². The minimum absolute atomic E-state index is 0.0446. The molecule has 3 atom stereocenters. The van der Waals surface area contributed by atoms with Crippen LogP contribution in [0.1, 0.15) is 62.8 Å². The lowest BCUT2D eigenvalue weighted by Crippen LogP contribution is -2.36. The number of ether oxygens (including phenoxy) is 4.